The number of amides is 1. The highest BCUT2D eigenvalue weighted by Crippen LogP contribution is 2.26. The Balaban J connectivity index is 1.47. The Bertz CT molecular complexity index is 1210. The number of halogens is 1. The van der Waals surface area contributed by atoms with Crippen molar-refractivity contribution in [3.63, 3.8) is 0 Å². The van der Waals surface area contributed by atoms with Crippen LogP contribution in [0.5, 0.6) is 11.5 Å². The lowest BCUT2D eigenvalue weighted by Gasteiger charge is -2.14. The minimum Gasteiger partial charge on any atom is -0.493 e. The molecule has 0 heterocycles. The number of benzene rings is 4. The molecule has 4 aromatic rings. The van der Waals surface area contributed by atoms with Crippen molar-refractivity contribution >= 4 is 27.5 Å². The van der Waals surface area contributed by atoms with Gasteiger partial charge >= 0.3 is 0 Å². The molecule has 0 spiro atoms. The third-order valence-corrected chi connectivity index (χ3v) is 5.61. The monoisotopic (exact) mass is 501 g/mol. The Morgan fingerprint density at radius 3 is 2.21 bits per heavy atom. The zero-order chi connectivity index (χ0) is 23.0. The van der Waals surface area contributed by atoms with E-state index in [1.165, 1.54) is 0 Å². The van der Waals surface area contributed by atoms with E-state index in [1.807, 2.05) is 85.8 Å². The van der Waals surface area contributed by atoms with Gasteiger partial charge in [-0.3, -0.25) is 4.79 Å². The minimum atomic E-state index is -0.186. The van der Waals surface area contributed by atoms with Gasteiger partial charge in [0.2, 0.25) is 0 Å². The van der Waals surface area contributed by atoms with Gasteiger partial charge in [0, 0.05) is 21.3 Å². The summed E-state index contributed by atoms with van der Waals surface area (Å²) in [6, 6.07) is 31.0. The van der Waals surface area contributed by atoms with E-state index in [1.54, 1.807) is 6.07 Å². The van der Waals surface area contributed by atoms with Gasteiger partial charge in [-0.05, 0) is 72.6 Å². The first-order valence-electron chi connectivity index (χ1n) is 10.7. The maximum Gasteiger partial charge on any atom is 0.255 e. The fraction of sp³-hybridized carbons (Fsp3) is 0.107. The van der Waals surface area contributed by atoms with Crippen LogP contribution >= 0.6 is 15.9 Å². The summed E-state index contributed by atoms with van der Waals surface area (Å²) in [6.07, 6.45) is 0. The minimum absolute atomic E-state index is 0.186. The van der Waals surface area contributed by atoms with E-state index in [0.717, 1.165) is 32.6 Å². The lowest BCUT2D eigenvalue weighted by molar-refractivity contribution is 0.102. The van der Waals surface area contributed by atoms with E-state index in [0.29, 0.717) is 24.5 Å². The maximum atomic E-state index is 12.8. The summed E-state index contributed by atoms with van der Waals surface area (Å²) in [5.41, 5.74) is 4.37. The van der Waals surface area contributed by atoms with Crippen LogP contribution in [0.1, 0.15) is 22.8 Å². The summed E-state index contributed by atoms with van der Waals surface area (Å²) >= 11 is 3.40. The van der Waals surface area contributed by atoms with Crippen LogP contribution in [0.4, 0.5) is 5.69 Å². The molecule has 0 unspecified atom stereocenters. The van der Waals surface area contributed by atoms with Crippen molar-refractivity contribution < 1.29 is 14.3 Å². The van der Waals surface area contributed by atoms with Crippen LogP contribution in [0.25, 0.3) is 11.1 Å². The summed E-state index contributed by atoms with van der Waals surface area (Å²) in [5, 5.41) is 2.92. The zero-order valence-electron chi connectivity index (χ0n) is 18.3. The molecule has 0 aromatic heterocycles. The van der Waals surface area contributed by atoms with Gasteiger partial charge in [0.25, 0.3) is 5.91 Å². The molecular formula is C28H24BrNO3. The lowest BCUT2D eigenvalue weighted by Crippen LogP contribution is -2.13. The van der Waals surface area contributed by atoms with Gasteiger partial charge in [-0.2, -0.15) is 0 Å². The molecule has 0 saturated carbocycles. The van der Waals surface area contributed by atoms with Crippen molar-refractivity contribution in [1.29, 1.82) is 0 Å². The predicted octanol–water partition coefficient (Wildman–Crippen LogP) is 7.35. The first kappa shape index (κ1) is 22.6. The molecule has 0 saturated heterocycles. The average Bonchev–Trinajstić information content (AvgIpc) is 2.86. The molecule has 4 aromatic carbocycles. The SMILES string of the molecule is CCOc1ccc(C(=O)Nc2ccc(Br)cc2)cc1COc1ccc(-c2ccccc2)cc1. The molecule has 166 valence electrons. The van der Waals surface area contributed by atoms with Gasteiger partial charge in [-0.1, -0.05) is 58.4 Å². The van der Waals surface area contributed by atoms with E-state index >= 15 is 0 Å². The quantitative estimate of drug-likeness (QED) is 0.274. The molecule has 4 nitrogen and oxygen atoms in total. The van der Waals surface area contributed by atoms with Crippen LogP contribution < -0.4 is 14.8 Å². The summed E-state index contributed by atoms with van der Waals surface area (Å²) in [7, 11) is 0. The largest absolute Gasteiger partial charge is 0.493 e. The second kappa shape index (κ2) is 10.8. The van der Waals surface area contributed by atoms with Gasteiger partial charge in [-0.25, -0.2) is 0 Å². The van der Waals surface area contributed by atoms with E-state index in [-0.39, 0.29) is 5.91 Å². The molecule has 0 aliphatic heterocycles. The first-order valence-corrected chi connectivity index (χ1v) is 11.5. The molecule has 0 radical (unpaired) electrons. The second-order valence-electron chi connectivity index (χ2n) is 7.40. The van der Waals surface area contributed by atoms with E-state index < -0.39 is 0 Å². The highest BCUT2D eigenvalue weighted by Gasteiger charge is 2.12. The van der Waals surface area contributed by atoms with Crippen molar-refractivity contribution in [2.24, 2.45) is 0 Å². The molecule has 33 heavy (non-hydrogen) atoms. The van der Waals surface area contributed by atoms with Crippen molar-refractivity contribution in [1.82, 2.24) is 0 Å². The molecule has 0 fully saturated rings. The molecule has 0 aliphatic carbocycles. The molecule has 5 heteroatoms. The molecule has 4 rings (SSSR count). The number of carbonyl (C=O) groups is 1. The second-order valence-corrected chi connectivity index (χ2v) is 8.31. The Labute approximate surface area is 202 Å². The fourth-order valence-corrected chi connectivity index (χ4v) is 3.67. The Morgan fingerprint density at radius 2 is 1.52 bits per heavy atom. The van der Waals surface area contributed by atoms with Crippen LogP contribution in [-0.4, -0.2) is 12.5 Å². The third-order valence-electron chi connectivity index (χ3n) is 5.08. The summed E-state index contributed by atoms with van der Waals surface area (Å²) in [4.78, 5) is 12.8. The molecular weight excluding hydrogens is 478 g/mol. The lowest BCUT2D eigenvalue weighted by atomic mass is 10.1. The van der Waals surface area contributed by atoms with Crippen molar-refractivity contribution in [2.45, 2.75) is 13.5 Å². The number of hydrogen-bond acceptors (Lipinski definition) is 3. The first-order chi connectivity index (χ1) is 16.1. The predicted molar refractivity (Wildman–Crippen MR) is 136 cm³/mol. The van der Waals surface area contributed by atoms with Crippen LogP contribution in [0.2, 0.25) is 0 Å². The summed E-state index contributed by atoms with van der Waals surface area (Å²) in [6.45, 7) is 2.75. The fourth-order valence-electron chi connectivity index (χ4n) is 3.40. The number of nitrogens with one attached hydrogen (secondary N) is 1. The van der Waals surface area contributed by atoms with Gasteiger partial charge < -0.3 is 14.8 Å². The normalized spacial score (nSPS) is 10.5. The van der Waals surface area contributed by atoms with Crippen LogP contribution in [0.15, 0.2) is 102 Å². The molecule has 0 atom stereocenters. The van der Waals surface area contributed by atoms with Crippen molar-refractivity contribution in [3.05, 3.63) is 113 Å². The number of hydrogen-bond donors (Lipinski definition) is 1. The zero-order valence-corrected chi connectivity index (χ0v) is 19.8. The molecule has 1 N–H and O–H groups in total. The number of anilines is 1. The highest BCUT2D eigenvalue weighted by molar-refractivity contribution is 9.10. The average molecular weight is 502 g/mol. The Hall–Kier alpha value is -3.57. The van der Waals surface area contributed by atoms with Crippen molar-refractivity contribution in [2.75, 3.05) is 11.9 Å². The number of rotatable bonds is 8. The van der Waals surface area contributed by atoms with E-state index in [2.05, 4.69) is 33.4 Å². The number of carbonyl (C=O) groups excluding carboxylic acids is 1. The highest BCUT2D eigenvalue weighted by atomic mass is 79.9. The molecule has 0 bridgehead atoms. The third kappa shape index (κ3) is 6.02. The van der Waals surface area contributed by atoms with Crippen LogP contribution in [-0.2, 0) is 6.61 Å². The van der Waals surface area contributed by atoms with Gasteiger partial charge in [-0.15, -0.1) is 0 Å². The van der Waals surface area contributed by atoms with Crippen molar-refractivity contribution in [3.8, 4) is 22.6 Å². The summed E-state index contributed by atoms with van der Waals surface area (Å²) < 4.78 is 12.7. The Kier molecular flexibility index (Phi) is 7.43. The van der Waals surface area contributed by atoms with Crippen LogP contribution in [0.3, 0.4) is 0 Å². The van der Waals surface area contributed by atoms with E-state index in [9.17, 15) is 4.79 Å². The smallest absolute Gasteiger partial charge is 0.255 e. The molecule has 1 amide bonds. The topological polar surface area (TPSA) is 47.6 Å². The molecule has 0 aliphatic rings. The summed E-state index contributed by atoms with van der Waals surface area (Å²) in [5.74, 6) is 1.27. The van der Waals surface area contributed by atoms with E-state index in [4.69, 9.17) is 9.47 Å². The van der Waals surface area contributed by atoms with Gasteiger partial charge in [0.1, 0.15) is 18.1 Å². The van der Waals surface area contributed by atoms with Gasteiger partial charge in [0.05, 0.1) is 6.61 Å². The maximum absolute atomic E-state index is 12.8. The Morgan fingerprint density at radius 1 is 0.818 bits per heavy atom. The standard InChI is InChI=1S/C28H24BrNO3/c1-2-32-27-17-10-22(28(31)30-25-13-11-24(29)12-14-25)18-23(27)19-33-26-15-8-21(9-16-26)20-6-4-3-5-7-20/h3-18H,2,19H2,1H3,(H,30,31). The van der Waals surface area contributed by atoms with Gasteiger partial charge in [0.15, 0.2) is 0 Å². The van der Waals surface area contributed by atoms with Crippen LogP contribution in [0, 0.1) is 0 Å². The number of ether oxygens (including phenoxy) is 2.